The zero-order chi connectivity index (χ0) is 21.6. The molecule has 7 nitrogen and oxygen atoms in total. The van der Waals surface area contributed by atoms with Gasteiger partial charge in [0.25, 0.3) is 11.8 Å². The third-order valence-corrected chi connectivity index (χ3v) is 5.44. The lowest BCUT2D eigenvalue weighted by Gasteiger charge is -2.21. The molecule has 0 fully saturated rings. The molecule has 2 amide bonds. The van der Waals surface area contributed by atoms with Crippen molar-refractivity contribution in [1.82, 2.24) is 4.90 Å². The Labute approximate surface area is 175 Å². The van der Waals surface area contributed by atoms with Crippen molar-refractivity contribution < 1.29 is 23.5 Å². The number of rotatable bonds is 4. The molecule has 1 aliphatic rings. The topological polar surface area (TPSA) is 93.9 Å². The van der Waals surface area contributed by atoms with Crippen LogP contribution in [-0.4, -0.2) is 28.7 Å². The van der Waals surface area contributed by atoms with Gasteiger partial charge in [-0.05, 0) is 43.7 Å². The Kier molecular flexibility index (Phi) is 4.91. The third-order valence-electron chi connectivity index (χ3n) is 5.03. The van der Waals surface area contributed by atoms with Crippen LogP contribution in [0.2, 0.25) is 5.02 Å². The van der Waals surface area contributed by atoms with Crippen molar-refractivity contribution in [2.24, 2.45) is 0 Å². The van der Waals surface area contributed by atoms with Crippen LogP contribution < -0.4 is 5.63 Å². The summed E-state index contributed by atoms with van der Waals surface area (Å²) >= 11 is 6.17. The van der Waals surface area contributed by atoms with Crippen molar-refractivity contribution in [3.05, 3.63) is 80.2 Å². The fourth-order valence-electron chi connectivity index (χ4n) is 3.40. The number of aryl methyl sites for hydroxylation is 1. The first-order valence-corrected chi connectivity index (χ1v) is 9.52. The molecule has 0 saturated carbocycles. The van der Waals surface area contributed by atoms with Crippen molar-refractivity contribution in [3.8, 4) is 0 Å². The Balaban J connectivity index is 1.56. The van der Waals surface area contributed by atoms with E-state index in [0.29, 0.717) is 21.6 Å². The smallest absolute Gasteiger partial charge is 0.336 e. The number of amides is 2. The van der Waals surface area contributed by atoms with Crippen LogP contribution in [-0.2, 0) is 16.1 Å². The van der Waals surface area contributed by atoms with Crippen LogP contribution in [0.15, 0.2) is 51.7 Å². The van der Waals surface area contributed by atoms with Crippen molar-refractivity contribution >= 4 is 40.4 Å². The highest BCUT2D eigenvalue weighted by Gasteiger charge is 2.41. The minimum Gasteiger partial charge on any atom is -0.459 e. The molecule has 0 unspecified atom stereocenters. The molecule has 0 aliphatic carbocycles. The van der Waals surface area contributed by atoms with Crippen LogP contribution >= 0.6 is 11.6 Å². The number of benzene rings is 2. The first kappa shape index (κ1) is 19.8. The van der Waals surface area contributed by atoms with Crippen molar-refractivity contribution in [2.75, 3.05) is 0 Å². The van der Waals surface area contributed by atoms with Crippen LogP contribution in [0.1, 0.15) is 38.8 Å². The Morgan fingerprint density at radius 1 is 1.10 bits per heavy atom. The van der Waals surface area contributed by atoms with E-state index in [9.17, 15) is 19.2 Å². The maximum absolute atomic E-state index is 12.6. The van der Waals surface area contributed by atoms with Crippen molar-refractivity contribution in [3.63, 3.8) is 0 Å². The number of hydrogen-bond acceptors (Lipinski definition) is 6. The third kappa shape index (κ3) is 3.27. The minimum atomic E-state index is -1.13. The van der Waals surface area contributed by atoms with Gasteiger partial charge in [0, 0.05) is 22.0 Å². The molecular formula is C22H16ClNO6. The summed E-state index contributed by atoms with van der Waals surface area (Å²) in [5.74, 6) is -1.87. The number of ether oxygens (including phenoxy) is 1. The van der Waals surface area contributed by atoms with Gasteiger partial charge in [-0.1, -0.05) is 23.7 Å². The lowest BCUT2D eigenvalue weighted by molar-refractivity contribution is -0.149. The molecule has 1 aromatic heterocycles. The summed E-state index contributed by atoms with van der Waals surface area (Å²) in [4.78, 5) is 50.4. The SMILES string of the molecule is Cc1cc2oc(=O)cc(COC(=O)[C@H](C)N3C(=O)c4ccccc4C3=O)c2cc1Cl. The predicted octanol–water partition coefficient (Wildman–Crippen LogP) is 3.48. The number of nitrogens with zero attached hydrogens (tertiary/aromatic N) is 1. The largest absolute Gasteiger partial charge is 0.459 e. The molecule has 8 heteroatoms. The van der Waals surface area contributed by atoms with Gasteiger partial charge in [-0.25, -0.2) is 9.59 Å². The zero-order valence-electron chi connectivity index (χ0n) is 16.1. The van der Waals surface area contributed by atoms with E-state index in [1.807, 2.05) is 0 Å². The summed E-state index contributed by atoms with van der Waals surface area (Å²) in [6, 6.07) is 9.72. The second-order valence-corrected chi connectivity index (χ2v) is 7.41. The molecule has 4 rings (SSSR count). The number of carbonyl (C=O) groups is 3. The Morgan fingerprint density at radius 3 is 2.37 bits per heavy atom. The molecule has 0 bridgehead atoms. The first-order valence-electron chi connectivity index (χ1n) is 9.14. The number of esters is 1. The van der Waals surface area contributed by atoms with E-state index in [1.165, 1.54) is 25.1 Å². The van der Waals surface area contributed by atoms with Gasteiger partial charge in [-0.15, -0.1) is 0 Å². The Bertz CT molecular complexity index is 1240. The fraction of sp³-hybridized carbons (Fsp3) is 0.182. The fourth-order valence-corrected chi connectivity index (χ4v) is 3.57. The maximum atomic E-state index is 12.6. The molecule has 3 aromatic rings. The Morgan fingerprint density at radius 2 is 1.73 bits per heavy atom. The van der Waals surface area contributed by atoms with Crippen LogP contribution in [0.4, 0.5) is 0 Å². The van der Waals surface area contributed by atoms with Gasteiger partial charge in [-0.3, -0.25) is 14.5 Å². The monoisotopic (exact) mass is 425 g/mol. The maximum Gasteiger partial charge on any atom is 0.336 e. The number of hydrogen-bond donors (Lipinski definition) is 0. The van der Waals surface area contributed by atoms with Gasteiger partial charge in [-0.2, -0.15) is 0 Å². The molecule has 0 N–H and O–H groups in total. The van der Waals surface area contributed by atoms with Crippen LogP contribution in [0.3, 0.4) is 0 Å². The molecule has 0 spiro atoms. The average Bonchev–Trinajstić information content (AvgIpc) is 2.97. The zero-order valence-corrected chi connectivity index (χ0v) is 16.9. The summed E-state index contributed by atoms with van der Waals surface area (Å²) in [6.45, 7) is 2.95. The van der Waals surface area contributed by atoms with Gasteiger partial charge in [0.05, 0.1) is 11.1 Å². The summed E-state index contributed by atoms with van der Waals surface area (Å²) in [6.07, 6.45) is 0. The summed E-state index contributed by atoms with van der Waals surface area (Å²) < 4.78 is 10.5. The van der Waals surface area contributed by atoms with Gasteiger partial charge < -0.3 is 9.15 Å². The number of fused-ring (bicyclic) bond motifs is 2. The molecule has 1 aliphatic heterocycles. The van der Waals surface area contributed by atoms with Gasteiger partial charge in [0.1, 0.15) is 18.2 Å². The van der Waals surface area contributed by atoms with E-state index in [2.05, 4.69) is 0 Å². The predicted molar refractivity (Wildman–Crippen MR) is 108 cm³/mol. The molecule has 0 radical (unpaired) electrons. The summed E-state index contributed by atoms with van der Waals surface area (Å²) in [5.41, 5.74) is 1.37. The van der Waals surface area contributed by atoms with E-state index >= 15 is 0 Å². The highest BCUT2D eigenvalue weighted by atomic mass is 35.5. The molecule has 30 heavy (non-hydrogen) atoms. The highest BCUT2D eigenvalue weighted by Crippen LogP contribution is 2.27. The van der Waals surface area contributed by atoms with Gasteiger partial charge in [0.2, 0.25) is 0 Å². The molecule has 2 heterocycles. The van der Waals surface area contributed by atoms with Gasteiger partial charge in [0.15, 0.2) is 0 Å². The molecule has 1 atom stereocenters. The average molecular weight is 426 g/mol. The van der Waals surface area contributed by atoms with Crippen LogP contribution in [0.5, 0.6) is 0 Å². The van der Waals surface area contributed by atoms with Crippen molar-refractivity contribution in [1.29, 1.82) is 0 Å². The molecular weight excluding hydrogens is 410 g/mol. The van der Waals surface area contributed by atoms with E-state index in [-0.39, 0.29) is 17.7 Å². The van der Waals surface area contributed by atoms with Crippen molar-refractivity contribution in [2.45, 2.75) is 26.5 Å². The molecule has 152 valence electrons. The highest BCUT2D eigenvalue weighted by molar-refractivity contribution is 6.32. The van der Waals surface area contributed by atoms with Gasteiger partial charge >= 0.3 is 11.6 Å². The quantitative estimate of drug-likeness (QED) is 0.361. The second-order valence-electron chi connectivity index (χ2n) is 7.00. The normalized spacial score (nSPS) is 14.2. The lowest BCUT2D eigenvalue weighted by atomic mass is 10.1. The summed E-state index contributed by atoms with van der Waals surface area (Å²) in [7, 11) is 0. The molecule has 0 saturated heterocycles. The standard InChI is InChI=1S/C22H16ClNO6/c1-11-7-18-16(9-17(11)23)13(8-19(25)30-18)10-29-22(28)12(2)24-20(26)14-5-3-4-6-15(14)21(24)27/h3-9,12H,10H2,1-2H3/t12-/m0/s1. The lowest BCUT2D eigenvalue weighted by Crippen LogP contribution is -2.43. The van der Waals surface area contributed by atoms with E-state index in [4.69, 9.17) is 20.8 Å². The van der Waals surface area contributed by atoms with E-state index in [1.54, 1.807) is 31.2 Å². The minimum absolute atomic E-state index is 0.242. The molecule has 2 aromatic carbocycles. The number of imide groups is 1. The second kappa shape index (κ2) is 7.42. The number of carbonyl (C=O) groups excluding carboxylic acids is 3. The van der Waals surface area contributed by atoms with E-state index < -0.39 is 29.5 Å². The van der Waals surface area contributed by atoms with Crippen LogP contribution in [0, 0.1) is 6.92 Å². The van der Waals surface area contributed by atoms with E-state index in [0.717, 1.165) is 10.5 Å². The number of halogens is 1. The summed E-state index contributed by atoms with van der Waals surface area (Å²) in [5, 5.41) is 1.01. The van der Waals surface area contributed by atoms with Crippen LogP contribution in [0.25, 0.3) is 11.0 Å². The first-order chi connectivity index (χ1) is 14.3. The Hall–Kier alpha value is -3.45.